The molecule has 6 heteroatoms. The summed E-state index contributed by atoms with van der Waals surface area (Å²) in [4.78, 5) is 27.1. The minimum atomic E-state index is -0.609. The van der Waals surface area contributed by atoms with E-state index in [4.69, 9.17) is 4.74 Å². The largest absolute Gasteiger partial charge is 0.484 e. The van der Waals surface area contributed by atoms with E-state index >= 15 is 0 Å². The van der Waals surface area contributed by atoms with Gasteiger partial charge in [0.25, 0.3) is 5.91 Å². The molecule has 2 aromatic carbocycles. The van der Waals surface area contributed by atoms with Crippen LogP contribution in [0.5, 0.6) is 5.75 Å². The van der Waals surface area contributed by atoms with E-state index in [9.17, 15) is 9.59 Å². The SMILES string of the molecule is Cc1cc(OCC(=O)N(Cc2ccccc2)[C@@H](C)C(=O)NC(C)C)cc(C)c1Br. The van der Waals surface area contributed by atoms with Crippen LogP contribution >= 0.6 is 15.9 Å². The molecule has 5 nitrogen and oxygen atoms in total. The van der Waals surface area contributed by atoms with E-state index in [1.165, 1.54) is 0 Å². The first-order chi connectivity index (χ1) is 13.7. The quantitative estimate of drug-likeness (QED) is 0.635. The molecule has 156 valence electrons. The second-order valence-electron chi connectivity index (χ2n) is 7.51. The highest BCUT2D eigenvalue weighted by Gasteiger charge is 2.26. The van der Waals surface area contributed by atoms with Crippen molar-refractivity contribution in [1.29, 1.82) is 0 Å². The highest BCUT2D eigenvalue weighted by atomic mass is 79.9. The van der Waals surface area contributed by atoms with Crippen LogP contribution in [0.15, 0.2) is 46.9 Å². The lowest BCUT2D eigenvalue weighted by Crippen LogP contribution is -2.50. The Bertz CT molecular complexity index is 829. The molecule has 0 heterocycles. The van der Waals surface area contributed by atoms with Crippen molar-refractivity contribution in [3.05, 3.63) is 63.6 Å². The van der Waals surface area contributed by atoms with E-state index in [2.05, 4.69) is 21.2 Å². The molecule has 0 spiro atoms. The maximum absolute atomic E-state index is 13.0. The molecule has 0 fully saturated rings. The topological polar surface area (TPSA) is 58.6 Å². The van der Waals surface area contributed by atoms with Crippen LogP contribution < -0.4 is 10.1 Å². The molecule has 0 aromatic heterocycles. The van der Waals surface area contributed by atoms with Gasteiger partial charge in [-0.25, -0.2) is 0 Å². The zero-order valence-electron chi connectivity index (χ0n) is 17.7. The van der Waals surface area contributed by atoms with Crippen molar-refractivity contribution in [2.45, 2.75) is 53.2 Å². The fourth-order valence-electron chi connectivity index (χ4n) is 2.99. The third kappa shape index (κ3) is 6.60. The maximum atomic E-state index is 13.0. The lowest BCUT2D eigenvalue weighted by atomic mass is 10.1. The fraction of sp³-hybridized carbons (Fsp3) is 0.391. The molecular formula is C23H29BrN2O3. The zero-order valence-corrected chi connectivity index (χ0v) is 19.2. The number of carbonyl (C=O) groups excluding carboxylic acids is 2. The van der Waals surface area contributed by atoms with Gasteiger partial charge in [-0.05, 0) is 63.4 Å². The summed E-state index contributed by atoms with van der Waals surface area (Å²) in [5.41, 5.74) is 3.04. The second kappa shape index (κ2) is 10.4. The van der Waals surface area contributed by atoms with Crippen molar-refractivity contribution in [1.82, 2.24) is 10.2 Å². The van der Waals surface area contributed by atoms with Gasteiger partial charge in [0, 0.05) is 17.1 Å². The number of hydrogen-bond acceptors (Lipinski definition) is 3. The molecule has 0 bridgehead atoms. The molecule has 0 saturated heterocycles. The molecule has 0 unspecified atom stereocenters. The van der Waals surface area contributed by atoms with Crippen LogP contribution in [0.1, 0.15) is 37.5 Å². The first kappa shape index (κ1) is 22.9. The second-order valence-corrected chi connectivity index (χ2v) is 8.30. The summed E-state index contributed by atoms with van der Waals surface area (Å²) in [5.74, 6) is 0.216. The Hall–Kier alpha value is -2.34. The highest BCUT2D eigenvalue weighted by Crippen LogP contribution is 2.26. The smallest absolute Gasteiger partial charge is 0.261 e. The summed E-state index contributed by atoms with van der Waals surface area (Å²) < 4.78 is 6.80. The van der Waals surface area contributed by atoms with Gasteiger partial charge >= 0.3 is 0 Å². The molecule has 0 aliphatic carbocycles. The number of halogens is 1. The van der Waals surface area contributed by atoms with Gasteiger partial charge in [-0.2, -0.15) is 0 Å². The average molecular weight is 461 g/mol. The first-order valence-electron chi connectivity index (χ1n) is 9.72. The molecule has 29 heavy (non-hydrogen) atoms. The van der Waals surface area contributed by atoms with Crippen LogP contribution in [0.2, 0.25) is 0 Å². The number of amides is 2. The highest BCUT2D eigenvalue weighted by molar-refractivity contribution is 9.10. The van der Waals surface area contributed by atoms with Crippen LogP contribution in [0.3, 0.4) is 0 Å². The van der Waals surface area contributed by atoms with E-state index in [0.717, 1.165) is 21.2 Å². The van der Waals surface area contributed by atoms with Crippen molar-refractivity contribution >= 4 is 27.7 Å². The summed E-state index contributed by atoms with van der Waals surface area (Å²) in [7, 11) is 0. The minimum absolute atomic E-state index is 0.00333. The molecule has 0 radical (unpaired) electrons. The lowest BCUT2D eigenvalue weighted by molar-refractivity contribution is -0.142. The van der Waals surface area contributed by atoms with Gasteiger partial charge in [0.15, 0.2) is 6.61 Å². The number of nitrogens with zero attached hydrogens (tertiary/aromatic N) is 1. The molecule has 2 aromatic rings. The van der Waals surface area contributed by atoms with E-state index in [-0.39, 0.29) is 24.5 Å². The van der Waals surface area contributed by atoms with Gasteiger partial charge in [0.2, 0.25) is 5.91 Å². The van der Waals surface area contributed by atoms with Gasteiger partial charge in [0.1, 0.15) is 11.8 Å². The summed E-state index contributed by atoms with van der Waals surface area (Å²) >= 11 is 3.53. The van der Waals surface area contributed by atoms with Crippen molar-refractivity contribution in [2.24, 2.45) is 0 Å². The fourth-order valence-corrected chi connectivity index (χ4v) is 3.21. The predicted octanol–water partition coefficient (Wildman–Crippen LogP) is 4.39. The number of ether oxygens (including phenoxy) is 1. The van der Waals surface area contributed by atoms with E-state index < -0.39 is 6.04 Å². The molecule has 0 aliphatic heterocycles. The summed E-state index contributed by atoms with van der Waals surface area (Å²) in [6.07, 6.45) is 0. The van der Waals surface area contributed by atoms with Crippen molar-refractivity contribution in [2.75, 3.05) is 6.61 Å². The van der Waals surface area contributed by atoms with Gasteiger partial charge in [-0.15, -0.1) is 0 Å². The Morgan fingerprint density at radius 3 is 2.21 bits per heavy atom. The molecule has 2 amide bonds. The molecule has 1 N–H and O–H groups in total. The van der Waals surface area contributed by atoms with Crippen molar-refractivity contribution < 1.29 is 14.3 Å². The van der Waals surface area contributed by atoms with Gasteiger partial charge < -0.3 is 15.0 Å². The van der Waals surface area contributed by atoms with Gasteiger partial charge in [0.05, 0.1) is 0 Å². The van der Waals surface area contributed by atoms with Crippen molar-refractivity contribution in [3.8, 4) is 5.75 Å². The zero-order chi connectivity index (χ0) is 21.6. The monoisotopic (exact) mass is 460 g/mol. The first-order valence-corrected chi connectivity index (χ1v) is 10.5. The Morgan fingerprint density at radius 2 is 1.66 bits per heavy atom. The Balaban J connectivity index is 2.16. The molecule has 1 atom stereocenters. The Morgan fingerprint density at radius 1 is 1.07 bits per heavy atom. The van der Waals surface area contributed by atoms with E-state index in [1.807, 2.05) is 70.2 Å². The summed E-state index contributed by atoms with van der Waals surface area (Å²) in [5, 5.41) is 2.88. The summed E-state index contributed by atoms with van der Waals surface area (Å²) in [6.45, 7) is 9.70. The third-order valence-corrected chi connectivity index (χ3v) is 5.82. The Kier molecular flexibility index (Phi) is 8.26. The predicted molar refractivity (Wildman–Crippen MR) is 119 cm³/mol. The van der Waals surface area contributed by atoms with Crippen LogP contribution in [0.25, 0.3) is 0 Å². The van der Waals surface area contributed by atoms with E-state index in [1.54, 1.807) is 11.8 Å². The number of nitrogens with one attached hydrogen (secondary N) is 1. The average Bonchev–Trinajstić information content (AvgIpc) is 2.68. The normalized spacial score (nSPS) is 11.8. The Labute approximate surface area is 181 Å². The van der Waals surface area contributed by atoms with Gasteiger partial charge in [-0.3, -0.25) is 9.59 Å². The van der Waals surface area contributed by atoms with Crippen LogP contribution in [0, 0.1) is 13.8 Å². The van der Waals surface area contributed by atoms with Gasteiger partial charge in [-0.1, -0.05) is 46.3 Å². The van der Waals surface area contributed by atoms with Crippen molar-refractivity contribution in [3.63, 3.8) is 0 Å². The standard InChI is InChI=1S/C23H29BrN2O3/c1-15(2)25-23(28)18(5)26(13-19-9-7-6-8-10-19)21(27)14-29-20-11-16(3)22(24)17(4)12-20/h6-12,15,18H,13-14H2,1-5H3,(H,25,28)/t18-/m0/s1. The lowest BCUT2D eigenvalue weighted by Gasteiger charge is -2.29. The maximum Gasteiger partial charge on any atom is 0.261 e. The van der Waals surface area contributed by atoms with Crippen LogP contribution in [-0.2, 0) is 16.1 Å². The van der Waals surface area contributed by atoms with Crippen LogP contribution in [0.4, 0.5) is 0 Å². The minimum Gasteiger partial charge on any atom is -0.484 e. The van der Waals surface area contributed by atoms with Crippen LogP contribution in [-0.4, -0.2) is 35.4 Å². The molecule has 0 aliphatic rings. The number of hydrogen-bond donors (Lipinski definition) is 1. The number of aryl methyl sites for hydroxylation is 2. The number of carbonyl (C=O) groups is 2. The summed E-state index contributed by atoms with van der Waals surface area (Å²) in [6, 6.07) is 12.8. The van der Waals surface area contributed by atoms with E-state index in [0.29, 0.717) is 12.3 Å². The molecular weight excluding hydrogens is 432 g/mol. The number of rotatable bonds is 8. The number of benzene rings is 2. The molecule has 2 rings (SSSR count). The molecule has 0 saturated carbocycles. The third-order valence-electron chi connectivity index (χ3n) is 4.57.